The van der Waals surface area contributed by atoms with E-state index < -0.39 is 6.09 Å². The lowest BCUT2D eigenvalue weighted by Gasteiger charge is -2.10. The van der Waals surface area contributed by atoms with Gasteiger partial charge in [-0.3, -0.25) is 4.79 Å². The van der Waals surface area contributed by atoms with Crippen molar-refractivity contribution in [1.29, 1.82) is 0 Å². The summed E-state index contributed by atoms with van der Waals surface area (Å²) < 4.78 is 0. The Morgan fingerprint density at radius 2 is 2.31 bits per heavy atom. The molecule has 0 aromatic carbocycles. The topological polar surface area (TPSA) is 57.6 Å². The van der Waals surface area contributed by atoms with Crippen LogP contribution in [0, 0.1) is 5.92 Å². The molecule has 0 aromatic heterocycles. The van der Waals surface area contributed by atoms with Crippen LogP contribution in [0.5, 0.6) is 0 Å². The van der Waals surface area contributed by atoms with E-state index in [0.717, 1.165) is 12.2 Å². The second-order valence-electron chi connectivity index (χ2n) is 3.19. The van der Waals surface area contributed by atoms with Gasteiger partial charge in [-0.25, -0.2) is 4.79 Å². The zero-order chi connectivity index (χ0) is 9.84. The van der Waals surface area contributed by atoms with Crippen LogP contribution in [-0.4, -0.2) is 40.1 Å². The lowest BCUT2D eigenvalue weighted by Crippen LogP contribution is -2.26. The molecule has 1 unspecified atom stereocenters. The fourth-order valence-corrected chi connectivity index (χ4v) is 2.12. The summed E-state index contributed by atoms with van der Waals surface area (Å²) in [6.07, 6.45) is 0.0300. The number of carboxylic acid groups (broad SMARTS) is 1. The predicted molar refractivity (Wildman–Crippen MR) is 50.8 cm³/mol. The minimum atomic E-state index is -0.852. The zero-order valence-electron chi connectivity index (χ0n) is 7.52. The molecular formula is C8H13NO3S. The Labute approximate surface area is 81.3 Å². The fraction of sp³-hybridized carbons (Fsp3) is 0.750. The van der Waals surface area contributed by atoms with Crippen molar-refractivity contribution < 1.29 is 14.7 Å². The third-order valence-corrected chi connectivity index (χ3v) is 3.12. The van der Waals surface area contributed by atoms with Crippen molar-refractivity contribution >= 4 is 23.0 Å². The second kappa shape index (κ2) is 4.50. The van der Waals surface area contributed by atoms with Crippen LogP contribution in [0.1, 0.15) is 13.3 Å². The summed E-state index contributed by atoms with van der Waals surface area (Å²) in [7, 11) is 0. The minimum absolute atomic E-state index is 0.105. The Morgan fingerprint density at radius 3 is 2.77 bits per heavy atom. The molecule has 74 valence electrons. The Morgan fingerprint density at radius 1 is 1.62 bits per heavy atom. The van der Waals surface area contributed by atoms with Gasteiger partial charge in [0.05, 0.1) is 0 Å². The van der Waals surface area contributed by atoms with E-state index in [9.17, 15) is 9.59 Å². The normalized spacial score (nSPS) is 21.9. The van der Waals surface area contributed by atoms with E-state index >= 15 is 0 Å². The van der Waals surface area contributed by atoms with Crippen LogP contribution >= 0.6 is 11.8 Å². The van der Waals surface area contributed by atoms with Crippen LogP contribution in [0.15, 0.2) is 0 Å². The van der Waals surface area contributed by atoms with E-state index in [2.05, 4.69) is 0 Å². The summed E-state index contributed by atoms with van der Waals surface area (Å²) in [5, 5.41) is 8.77. The van der Waals surface area contributed by atoms with Crippen LogP contribution in [-0.2, 0) is 4.79 Å². The van der Waals surface area contributed by atoms with Crippen molar-refractivity contribution in [3.63, 3.8) is 0 Å². The van der Waals surface area contributed by atoms with Crippen molar-refractivity contribution in [3.05, 3.63) is 0 Å². The highest BCUT2D eigenvalue weighted by atomic mass is 32.2. The van der Waals surface area contributed by atoms with Gasteiger partial charge in [-0.15, -0.1) is 0 Å². The number of rotatable bonds is 2. The molecule has 1 saturated heterocycles. The Kier molecular flexibility index (Phi) is 3.59. The molecule has 1 aliphatic heterocycles. The Balaban J connectivity index is 2.25. The molecule has 0 saturated carbocycles. The molecule has 0 aromatic rings. The smallest absolute Gasteiger partial charge is 0.407 e. The molecule has 0 radical (unpaired) electrons. The lowest BCUT2D eigenvalue weighted by molar-refractivity contribution is -0.109. The molecule has 4 nitrogen and oxygen atoms in total. The van der Waals surface area contributed by atoms with Crippen molar-refractivity contribution in [2.45, 2.75) is 13.3 Å². The van der Waals surface area contributed by atoms with Gasteiger partial charge >= 0.3 is 6.09 Å². The number of nitrogens with zero attached hydrogens (tertiary/aromatic N) is 1. The molecule has 1 heterocycles. The van der Waals surface area contributed by atoms with Crippen molar-refractivity contribution in [2.24, 2.45) is 5.92 Å². The maximum absolute atomic E-state index is 10.6. The van der Waals surface area contributed by atoms with Gasteiger partial charge in [-0.2, -0.15) is 0 Å². The number of hydrogen-bond donors (Lipinski definition) is 1. The van der Waals surface area contributed by atoms with E-state index in [0.29, 0.717) is 19.0 Å². The van der Waals surface area contributed by atoms with Gasteiger partial charge in [0, 0.05) is 25.8 Å². The Bertz CT molecular complexity index is 219. The number of amides is 1. The summed E-state index contributed by atoms with van der Waals surface area (Å²) in [5.41, 5.74) is 0. The molecule has 0 spiro atoms. The predicted octanol–water partition coefficient (Wildman–Crippen LogP) is 1.27. The minimum Gasteiger partial charge on any atom is -0.465 e. The number of likely N-dealkylation sites (tertiary alicyclic amines) is 1. The van der Waals surface area contributed by atoms with Gasteiger partial charge in [0.2, 0.25) is 0 Å². The number of hydrogen-bond acceptors (Lipinski definition) is 3. The highest BCUT2D eigenvalue weighted by molar-refractivity contribution is 8.13. The average molecular weight is 203 g/mol. The SMILES string of the molecule is CC(=O)SCC1CCN(C(=O)O)C1. The maximum Gasteiger partial charge on any atom is 0.407 e. The third-order valence-electron chi connectivity index (χ3n) is 2.08. The summed E-state index contributed by atoms with van der Waals surface area (Å²) in [5.74, 6) is 1.10. The summed E-state index contributed by atoms with van der Waals surface area (Å²) in [6, 6.07) is 0. The zero-order valence-corrected chi connectivity index (χ0v) is 8.34. The first-order valence-corrected chi connectivity index (χ1v) is 5.19. The van der Waals surface area contributed by atoms with E-state index in [1.165, 1.54) is 23.6 Å². The molecule has 1 amide bonds. The van der Waals surface area contributed by atoms with Gasteiger partial charge in [-0.1, -0.05) is 11.8 Å². The van der Waals surface area contributed by atoms with Crippen LogP contribution in [0.25, 0.3) is 0 Å². The highest BCUT2D eigenvalue weighted by Crippen LogP contribution is 2.20. The molecule has 1 fully saturated rings. The second-order valence-corrected chi connectivity index (χ2v) is 4.38. The van der Waals surface area contributed by atoms with Crippen molar-refractivity contribution in [3.8, 4) is 0 Å². The van der Waals surface area contributed by atoms with E-state index in [4.69, 9.17) is 5.11 Å². The summed E-state index contributed by atoms with van der Waals surface area (Å²) in [4.78, 5) is 22.6. The van der Waals surface area contributed by atoms with E-state index in [1.54, 1.807) is 0 Å². The monoisotopic (exact) mass is 203 g/mol. The molecule has 1 N–H and O–H groups in total. The van der Waals surface area contributed by atoms with Crippen LogP contribution < -0.4 is 0 Å². The largest absolute Gasteiger partial charge is 0.465 e. The molecular weight excluding hydrogens is 190 g/mol. The quantitative estimate of drug-likeness (QED) is 0.734. The first-order valence-electron chi connectivity index (χ1n) is 4.21. The first kappa shape index (κ1) is 10.4. The maximum atomic E-state index is 10.6. The van der Waals surface area contributed by atoms with Crippen LogP contribution in [0.3, 0.4) is 0 Å². The number of thioether (sulfide) groups is 1. The summed E-state index contributed by atoms with van der Waals surface area (Å²) >= 11 is 1.28. The summed E-state index contributed by atoms with van der Waals surface area (Å²) in [6.45, 7) is 2.72. The molecule has 0 bridgehead atoms. The van der Waals surface area contributed by atoms with Gasteiger partial charge in [0.1, 0.15) is 0 Å². The first-order chi connectivity index (χ1) is 6.09. The van der Waals surface area contributed by atoms with Crippen molar-refractivity contribution in [2.75, 3.05) is 18.8 Å². The van der Waals surface area contributed by atoms with Crippen LogP contribution in [0.2, 0.25) is 0 Å². The highest BCUT2D eigenvalue weighted by Gasteiger charge is 2.25. The van der Waals surface area contributed by atoms with Gasteiger partial charge in [-0.05, 0) is 12.3 Å². The van der Waals surface area contributed by atoms with Gasteiger partial charge in [0.25, 0.3) is 0 Å². The number of carbonyl (C=O) groups excluding carboxylic acids is 1. The fourth-order valence-electron chi connectivity index (χ4n) is 1.38. The van der Waals surface area contributed by atoms with Gasteiger partial charge < -0.3 is 10.0 Å². The van der Waals surface area contributed by atoms with E-state index in [-0.39, 0.29) is 5.12 Å². The molecule has 1 aliphatic rings. The molecule has 1 rings (SSSR count). The average Bonchev–Trinajstić information content (AvgIpc) is 2.48. The van der Waals surface area contributed by atoms with Crippen LogP contribution in [0.4, 0.5) is 4.79 Å². The third kappa shape index (κ3) is 3.26. The lowest BCUT2D eigenvalue weighted by atomic mass is 10.2. The van der Waals surface area contributed by atoms with Crippen molar-refractivity contribution in [1.82, 2.24) is 4.90 Å². The molecule has 0 aliphatic carbocycles. The molecule has 1 atom stereocenters. The number of carbonyl (C=O) groups is 2. The van der Waals surface area contributed by atoms with Gasteiger partial charge in [0.15, 0.2) is 5.12 Å². The standard InChI is InChI=1S/C8H13NO3S/c1-6(10)13-5-7-2-3-9(4-7)8(11)12/h7H,2-5H2,1H3,(H,11,12). The van der Waals surface area contributed by atoms with E-state index in [1.807, 2.05) is 0 Å². The molecule has 5 heteroatoms. The Hall–Kier alpha value is -0.710. The molecule has 13 heavy (non-hydrogen) atoms.